The van der Waals surface area contributed by atoms with Gasteiger partial charge in [-0.2, -0.15) is 0 Å². The molecule has 2 aromatic carbocycles. The number of amides is 1. The molecule has 1 heterocycles. The fourth-order valence-corrected chi connectivity index (χ4v) is 3.32. The van der Waals surface area contributed by atoms with Gasteiger partial charge in [0.05, 0.1) is 6.04 Å². The SMILES string of the molecule is CC(C)(C)c1cc(CC(NC(=O)OCc2ccccc2)c2[nH]c(=O)[nH]c2O)ccc1O. The molecule has 1 aromatic heterocycles. The van der Waals surface area contributed by atoms with Crippen molar-refractivity contribution in [3.63, 3.8) is 0 Å². The summed E-state index contributed by atoms with van der Waals surface area (Å²) in [5.74, 6) is -0.172. The quantitative estimate of drug-likeness (QED) is 0.412. The lowest BCUT2D eigenvalue weighted by Crippen LogP contribution is -2.31. The predicted molar refractivity (Wildman–Crippen MR) is 116 cm³/mol. The van der Waals surface area contributed by atoms with Gasteiger partial charge in [0, 0.05) is 0 Å². The number of phenolic OH excluding ortho intramolecular Hbond substituents is 1. The Morgan fingerprint density at radius 3 is 2.39 bits per heavy atom. The molecule has 0 bridgehead atoms. The highest BCUT2D eigenvalue weighted by Crippen LogP contribution is 2.32. The Bertz CT molecular complexity index is 1100. The first-order chi connectivity index (χ1) is 14.6. The lowest BCUT2D eigenvalue weighted by Gasteiger charge is -2.23. The zero-order valence-electron chi connectivity index (χ0n) is 17.7. The van der Waals surface area contributed by atoms with Crippen molar-refractivity contribution >= 4 is 6.09 Å². The van der Waals surface area contributed by atoms with Gasteiger partial charge in [0.15, 0.2) is 0 Å². The number of benzene rings is 2. The topological polar surface area (TPSA) is 127 Å². The summed E-state index contributed by atoms with van der Waals surface area (Å²) in [4.78, 5) is 28.9. The summed E-state index contributed by atoms with van der Waals surface area (Å²) in [7, 11) is 0. The number of H-pyrrole nitrogens is 2. The van der Waals surface area contributed by atoms with Crippen molar-refractivity contribution in [1.82, 2.24) is 15.3 Å². The summed E-state index contributed by atoms with van der Waals surface area (Å²) in [5, 5.41) is 23.0. The van der Waals surface area contributed by atoms with Crippen molar-refractivity contribution in [2.24, 2.45) is 0 Å². The van der Waals surface area contributed by atoms with Gasteiger partial charge in [-0.25, -0.2) is 9.59 Å². The number of rotatable bonds is 6. The molecular weight excluding hydrogens is 398 g/mol. The molecule has 0 saturated carbocycles. The second-order valence-corrected chi connectivity index (χ2v) is 8.41. The maximum absolute atomic E-state index is 12.4. The Morgan fingerprint density at radius 2 is 1.77 bits per heavy atom. The molecule has 1 atom stereocenters. The molecule has 31 heavy (non-hydrogen) atoms. The summed E-state index contributed by atoms with van der Waals surface area (Å²) in [6, 6.07) is 13.7. The fourth-order valence-electron chi connectivity index (χ4n) is 3.32. The zero-order chi connectivity index (χ0) is 22.6. The normalized spacial score (nSPS) is 12.4. The van der Waals surface area contributed by atoms with E-state index < -0.39 is 17.8 Å². The Hall–Kier alpha value is -3.68. The largest absolute Gasteiger partial charge is 0.508 e. The molecule has 0 aliphatic heterocycles. The third-order valence-corrected chi connectivity index (χ3v) is 4.90. The maximum Gasteiger partial charge on any atom is 0.408 e. The number of aromatic hydroxyl groups is 2. The minimum absolute atomic E-state index is 0.0857. The number of nitrogens with one attached hydrogen (secondary N) is 3. The number of aromatic amines is 2. The summed E-state index contributed by atoms with van der Waals surface area (Å²) >= 11 is 0. The lowest BCUT2D eigenvalue weighted by atomic mass is 9.84. The third kappa shape index (κ3) is 5.69. The number of phenols is 1. The van der Waals surface area contributed by atoms with E-state index in [1.807, 2.05) is 57.2 Å². The number of carbonyl (C=O) groups is 1. The average Bonchev–Trinajstić information content (AvgIpc) is 3.05. The Labute approximate surface area is 179 Å². The average molecular weight is 425 g/mol. The molecule has 1 amide bonds. The van der Waals surface area contributed by atoms with Crippen LogP contribution < -0.4 is 11.0 Å². The van der Waals surface area contributed by atoms with Crippen molar-refractivity contribution in [3.05, 3.63) is 81.4 Å². The van der Waals surface area contributed by atoms with Crippen LogP contribution in [0.1, 0.15) is 49.2 Å². The van der Waals surface area contributed by atoms with E-state index in [2.05, 4.69) is 15.3 Å². The summed E-state index contributed by atoms with van der Waals surface area (Å²) in [6.07, 6.45) is -0.435. The molecule has 0 spiro atoms. The van der Waals surface area contributed by atoms with Crippen LogP contribution in [0.5, 0.6) is 11.6 Å². The zero-order valence-corrected chi connectivity index (χ0v) is 17.7. The van der Waals surface area contributed by atoms with Gasteiger partial charge < -0.3 is 25.3 Å². The molecule has 5 N–H and O–H groups in total. The molecular formula is C23H27N3O5. The van der Waals surface area contributed by atoms with E-state index >= 15 is 0 Å². The number of hydrogen-bond donors (Lipinski definition) is 5. The molecule has 0 radical (unpaired) electrons. The van der Waals surface area contributed by atoms with Gasteiger partial charge in [-0.05, 0) is 34.6 Å². The van der Waals surface area contributed by atoms with E-state index in [1.165, 1.54) is 0 Å². The van der Waals surface area contributed by atoms with Crippen LogP contribution in [0.25, 0.3) is 0 Å². The number of hydrogen-bond acceptors (Lipinski definition) is 5. The molecule has 8 nitrogen and oxygen atoms in total. The molecule has 3 aromatic rings. The van der Waals surface area contributed by atoms with Gasteiger partial charge in [0.2, 0.25) is 5.88 Å². The van der Waals surface area contributed by atoms with Crippen LogP contribution in [0.15, 0.2) is 53.3 Å². The van der Waals surface area contributed by atoms with E-state index in [4.69, 9.17) is 4.74 Å². The monoisotopic (exact) mass is 425 g/mol. The Morgan fingerprint density at radius 1 is 1.06 bits per heavy atom. The second kappa shape index (κ2) is 8.99. The summed E-state index contributed by atoms with van der Waals surface area (Å²) in [6.45, 7) is 6.04. The highest BCUT2D eigenvalue weighted by atomic mass is 16.5. The van der Waals surface area contributed by atoms with E-state index in [1.54, 1.807) is 12.1 Å². The van der Waals surface area contributed by atoms with Crippen LogP contribution in [-0.4, -0.2) is 26.3 Å². The maximum atomic E-state index is 12.4. The predicted octanol–water partition coefficient (Wildman–Crippen LogP) is 3.62. The molecule has 1 unspecified atom stereocenters. The number of ether oxygens (including phenoxy) is 1. The molecule has 0 saturated heterocycles. The molecule has 164 valence electrons. The van der Waals surface area contributed by atoms with Crippen LogP contribution in [-0.2, 0) is 23.2 Å². The van der Waals surface area contributed by atoms with Crippen LogP contribution in [0, 0.1) is 0 Å². The van der Waals surface area contributed by atoms with Crippen molar-refractivity contribution in [3.8, 4) is 11.6 Å². The second-order valence-electron chi connectivity index (χ2n) is 8.41. The smallest absolute Gasteiger partial charge is 0.408 e. The highest BCUT2D eigenvalue weighted by Gasteiger charge is 2.24. The third-order valence-electron chi connectivity index (χ3n) is 4.90. The summed E-state index contributed by atoms with van der Waals surface area (Å²) in [5.41, 5.74) is 1.66. The molecule has 0 aliphatic rings. The van der Waals surface area contributed by atoms with Crippen molar-refractivity contribution < 1.29 is 19.7 Å². The van der Waals surface area contributed by atoms with E-state index in [9.17, 15) is 19.8 Å². The van der Waals surface area contributed by atoms with Gasteiger partial charge >= 0.3 is 11.8 Å². The van der Waals surface area contributed by atoms with Crippen molar-refractivity contribution in [2.45, 2.75) is 45.3 Å². The Balaban J connectivity index is 1.81. The van der Waals surface area contributed by atoms with Gasteiger partial charge in [-0.3, -0.25) is 4.98 Å². The molecule has 3 rings (SSSR count). The number of aromatic nitrogens is 2. The first-order valence-corrected chi connectivity index (χ1v) is 9.94. The number of alkyl carbamates (subject to hydrolysis) is 1. The molecule has 8 heteroatoms. The van der Waals surface area contributed by atoms with Crippen molar-refractivity contribution in [1.29, 1.82) is 0 Å². The highest BCUT2D eigenvalue weighted by molar-refractivity contribution is 5.68. The molecule has 0 aliphatic carbocycles. The van der Waals surface area contributed by atoms with Gasteiger partial charge in [-0.15, -0.1) is 0 Å². The van der Waals surface area contributed by atoms with E-state index in [0.717, 1.165) is 16.7 Å². The number of carbonyl (C=O) groups excluding carboxylic acids is 1. The van der Waals surface area contributed by atoms with Gasteiger partial charge in [0.1, 0.15) is 18.1 Å². The van der Waals surface area contributed by atoms with Crippen LogP contribution in [0.3, 0.4) is 0 Å². The van der Waals surface area contributed by atoms with Gasteiger partial charge in [0.25, 0.3) is 0 Å². The standard InChI is InChI=1S/C23H27N3O5/c1-23(2,3)16-11-15(9-10-18(16)27)12-17(19-20(28)26-21(29)25-19)24-22(30)31-13-14-7-5-4-6-8-14/h4-11,17,27-28H,12-13H2,1-3H3,(H,24,30)(H2,25,26,29). The van der Waals surface area contributed by atoms with E-state index in [-0.39, 0.29) is 35.8 Å². The minimum Gasteiger partial charge on any atom is -0.508 e. The summed E-state index contributed by atoms with van der Waals surface area (Å²) < 4.78 is 5.29. The Kier molecular flexibility index (Phi) is 6.39. The fraction of sp³-hybridized carbons (Fsp3) is 0.304. The van der Waals surface area contributed by atoms with Crippen LogP contribution >= 0.6 is 0 Å². The lowest BCUT2D eigenvalue weighted by molar-refractivity contribution is 0.135. The first kappa shape index (κ1) is 22.0. The van der Waals surface area contributed by atoms with Crippen LogP contribution in [0.2, 0.25) is 0 Å². The van der Waals surface area contributed by atoms with E-state index in [0.29, 0.717) is 0 Å². The van der Waals surface area contributed by atoms with Crippen LogP contribution in [0.4, 0.5) is 4.79 Å². The van der Waals surface area contributed by atoms with Gasteiger partial charge in [-0.1, -0.05) is 63.2 Å². The first-order valence-electron chi connectivity index (χ1n) is 9.94. The molecule has 0 fully saturated rings. The number of imidazole rings is 1. The minimum atomic E-state index is -0.764. The van der Waals surface area contributed by atoms with Crippen molar-refractivity contribution in [2.75, 3.05) is 0 Å².